The number of aryl methyl sites for hydroxylation is 1. The Kier molecular flexibility index (Phi) is 6.27. The maximum Gasteiger partial charge on any atom is 0.0326 e. The molecule has 1 unspecified atom stereocenters. The van der Waals surface area contributed by atoms with E-state index in [0.29, 0.717) is 6.04 Å². The van der Waals surface area contributed by atoms with E-state index >= 15 is 0 Å². The molecular weight excluding hydrogens is 330 g/mol. The first-order chi connectivity index (χ1) is 9.72. The Bertz CT molecular complexity index is 522. The predicted molar refractivity (Wildman–Crippen MR) is 92.6 cm³/mol. The maximum absolute atomic E-state index is 3.70. The summed E-state index contributed by atoms with van der Waals surface area (Å²) in [6, 6.07) is 11.3. The molecular formula is C17H22BrNS. The largest absolute Gasteiger partial charge is 0.310 e. The molecule has 1 nitrogen and oxygen atoms in total. The summed E-state index contributed by atoms with van der Waals surface area (Å²) in [5.41, 5.74) is 2.77. The van der Waals surface area contributed by atoms with Crippen LogP contribution in [-0.4, -0.2) is 6.54 Å². The van der Waals surface area contributed by atoms with Crippen LogP contribution in [0.2, 0.25) is 0 Å². The first kappa shape index (κ1) is 15.7. The molecule has 1 N–H and O–H groups in total. The Labute approximate surface area is 134 Å². The van der Waals surface area contributed by atoms with Gasteiger partial charge in [-0.2, -0.15) is 0 Å². The van der Waals surface area contributed by atoms with Gasteiger partial charge in [-0.3, -0.25) is 0 Å². The van der Waals surface area contributed by atoms with Gasteiger partial charge in [0.1, 0.15) is 0 Å². The van der Waals surface area contributed by atoms with Crippen molar-refractivity contribution >= 4 is 27.3 Å². The highest BCUT2D eigenvalue weighted by Gasteiger charge is 2.14. The van der Waals surface area contributed by atoms with Gasteiger partial charge in [0.25, 0.3) is 0 Å². The third-order valence-electron chi connectivity index (χ3n) is 3.59. The quantitative estimate of drug-likeness (QED) is 0.694. The number of thiophene rings is 1. The molecule has 2 aromatic rings. The van der Waals surface area contributed by atoms with Gasteiger partial charge in [0.15, 0.2) is 0 Å². The molecule has 0 aliphatic heterocycles. The van der Waals surface area contributed by atoms with Crippen LogP contribution in [0.5, 0.6) is 0 Å². The zero-order valence-electron chi connectivity index (χ0n) is 12.2. The van der Waals surface area contributed by atoms with Crippen molar-refractivity contribution < 1.29 is 0 Å². The van der Waals surface area contributed by atoms with Crippen LogP contribution in [0.15, 0.2) is 40.2 Å². The minimum absolute atomic E-state index is 0.439. The highest BCUT2D eigenvalue weighted by Crippen LogP contribution is 2.28. The minimum atomic E-state index is 0.439. The normalized spacial score (nSPS) is 12.6. The Morgan fingerprint density at radius 1 is 1.25 bits per heavy atom. The van der Waals surface area contributed by atoms with Crippen molar-refractivity contribution in [2.45, 2.75) is 39.2 Å². The lowest BCUT2D eigenvalue weighted by molar-refractivity contribution is 0.498. The van der Waals surface area contributed by atoms with Crippen molar-refractivity contribution in [1.82, 2.24) is 5.32 Å². The van der Waals surface area contributed by atoms with E-state index < -0.39 is 0 Å². The van der Waals surface area contributed by atoms with E-state index in [2.05, 4.69) is 70.8 Å². The molecule has 1 aromatic heterocycles. The van der Waals surface area contributed by atoms with E-state index in [-0.39, 0.29) is 0 Å². The van der Waals surface area contributed by atoms with Crippen LogP contribution in [0.4, 0.5) is 0 Å². The van der Waals surface area contributed by atoms with Gasteiger partial charge in [-0.1, -0.05) is 41.1 Å². The molecule has 3 heteroatoms. The SMILES string of the molecule is CCCNC(CCc1cccs1)c1cccc(Br)c1C. The van der Waals surface area contributed by atoms with Gasteiger partial charge in [-0.05, 0) is 61.4 Å². The van der Waals surface area contributed by atoms with Crippen molar-refractivity contribution in [3.63, 3.8) is 0 Å². The zero-order valence-corrected chi connectivity index (χ0v) is 14.6. The second-order valence-corrected chi connectivity index (χ2v) is 6.97. The summed E-state index contributed by atoms with van der Waals surface area (Å²) in [5, 5.41) is 5.86. The summed E-state index contributed by atoms with van der Waals surface area (Å²) in [4.78, 5) is 1.47. The molecule has 0 aliphatic carbocycles. The molecule has 108 valence electrons. The summed E-state index contributed by atoms with van der Waals surface area (Å²) in [5.74, 6) is 0. The molecule has 0 saturated carbocycles. The van der Waals surface area contributed by atoms with Crippen molar-refractivity contribution in [3.8, 4) is 0 Å². The van der Waals surface area contributed by atoms with Gasteiger partial charge in [-0.15, -0.1) is 11.3 Å². The average molecular weight is 352 g/mol. The minimum Gasteiger partial charge on any atom is -0.310 e. The first-order valence-electron chi connectivity index (χ1n) is 7.23. The molecule has 1 aromatic carbocycles. The average Bonchev–Trinajstić information content (AvgIpc) is 2.96. The third-order valence-corrected chi connectivity index (χ3v) is 5.38. The molecule has 20 heavy (non-hydrogen) atoms. The van der Waals surface area contributed by atoms with Gasteiger partial charge in [-0.25, -0.2) is 0 Å². The van der Waals surface area contributed by atoms with E-state index in [0.717, 1.165) is 19.4 Å². The molecule has 2 rings (SSSR count). The summed E-state index contributed by atoms with van der Waals surface area (Å²) in [6.45, 7) is 5.49. The number of halogens is 1. The maximum atomic E-state index is 3.70. The lowest BCUT2D eigenvalue weighted by Crippen LogP contribution is -2.23. The van der Waals surface area contributed by atoms with Crippen LogP contribution < -0.4 is 5.32 Å². The summed E-state index contributed by atoms with van der Waals surface area (Å²) >= 11 is 5.50. The fourth-order valence-electron chi connectivity index (χ4n) is 2.43. The Hall–Kier alpha value is -0.640. The summed E-state index contributed by atoms with van der Waals surface area (Å²) < 4.78 is 1.20. The molecule has 0 aliphatic rings. The standard InChI is InChI=1S/C17H22BrNS/c1-3-11-19-17(10-9-14-6-5-12-20-14)15-7-4-8-16(18)13(15)2/h4-8,12,17,19H,3,9-11H2,1-2H3. The second-order valence-electron chi connectivity index (χ2n) is 5.08. The molecule has 0 amide bonds. The molecule has 0 saturated heterocycles. The Balaban J connectivity index is 2.11. The Morgan fingerprint density at radius 2 is 2.10 bits per heavy atom. The van der Waals surface area contributed by atoms with Gasteiger partial charge >= 0.3 is 0 Å². The van der Waals surface area contributed by atoms with Crippen molar-refractivity contribution in [3.05, 3.63) is 56.2 Å². The highest BCUT2D eigenvalue weighted by atomic mass is 79.9. The molecule has 1 atom stereocenters. The first-order valence-corrected chi connectivity index (χ1v) is 8.90. The van der Waals surface area contributed by atoms with Crippen molar-refractivity contribution in [2.75, 3.05) is 6.54 Å². The van der Waals surface area contributed by atoms with Gasteiger partial charge in [0, 0.05) is 15.4 Å². The Morgan fingerprint density at radius 3 is 2.80 bits per heavy atom. The fraction of sp³-hybridized carbons (Fsp3) is 0.412. The fourth-order valence-corrected chi connectivity index (χ4v) is 3.54. The van der Waals surface area contributed by atoms with Gasteiger partial charge < -0.3 is 5.32 Å². The number of hydrogen-bond acceptors (Lipinski definition) is 2. The molecule has 0 fully saturated rings. The number of hydrogen-bond donors (Lipinski definition) is 1. The third kappa shape index (κ3) is 4.18. The number of rotatable bonds is 7. The molecule has 0 spiro atoms. The zero-order chi connectivity index (χ0) is 14.4. The van der Waals surface area contributed by atoms with E-state index in [9.17, 15) is 0 Å². The lowest BCUT2D eigenvalue weighted by atomic mass is 9.97. The van der Waals surface area contributed by atoms with Gasteiger partial charge in [0.05, 0.1) is 0 Å². The lowest BCUT2D eigenvalue weighted by Gasteiger charge is -2.21. The van der Waals surface area contributed by atoms with Crippen LogP contribution in [0.3, 0.4) is 0 Å². The van der Waals surface area contributed by atoms with E-state index in [4.69, 9.17) is 0 Å². The molecule has 1 heterocycles. The number of nitrogens with one attached hydrogen (secondary N) is 1. The van der Waals surface area contributed by atoms with Gasteiger partial charge in [0.2, 0.25) is 0 Å². The number of benzene rings is 1. The summed E-state index contributed by atoms with van der Waals surface area (Å²) in [7, 11) is 0. The molecule has 0 bridgehead atoms. The predicted octanol–water partition coefficient (Wildman–Crippen LogP) is 5.49. The van der Waals surface area contributed by atoms with Crippen LogP contribution >= 0.6 is 27.3 Å². The van der Waals surface area contributed by atoms with Crippen molar-refractivity contribution in [1.29, 1.82) is 0 Å². The van der Waals surface area contributed by atoms with Crippen molar-refractivity contribution in [2.24, 2.45) is 0 Å². The smallest absolute Gasteiger partial charge is 0.0326 e. The van der Waals surface area contributed by atoms with Crippen LogP contribution in [0.25, 0.3) is 0 Å². The van der Waals surface area contributed by atoms with Crippen LogP contribution in [0.1, 0.15) is 41.8 Å². The van der Waals surface area contributed by atoms with Crippen LogP contribution in [-0.2, 0) is 6.42 Å². The highest BCUT2D eigenvalue weighted by molar-refractivity contribution is 9.10. The second kappa shape index (κ2) is 7.96. The topological polar surface area (TPSA) is 12.0 Å². The molecule has 0 radical (unpaired) electrons. The van der Waals surface area contributed by atoms with E-state index in [1.165, 1.54) is 26.9 Å². The van der Waals surface area contributed by atoms with E-state index in [1.807, 2.05) is 11.3 Å². The summed E-state index contributed by atoms with van der Waals surface area (Å²) in [6.07, 6.45) is 3.46. The van der Waals surface area contributed by atoms with E-state index in [1.54, 1.807) is 0 Å². The monoisotopic (exact) mass is 351 g/mol. The van der Waals surface area contributed by atoms with Crippen LogP contribution in [0, 0.1) is 6.92 Å².